The van der Waals surface area contributed by atoms with Gasteiger partial charge in [-0.25, -0.2) is 0 Å². The molecule has 1 aliphatic heterocycles. The number of aryl methyl sites for hydroxylation is 2. The van der Waals surface area contributed by atoms with E-state index in [0.717, 1.165) is 28.1 Å². The number of anilines is 1. The van der Waals surface area contributed by atoms with Gasteiger partial charge in [-0.05, 0) is 68.7 Å². The van der Waals surface area contributed by atoms with Gasteiger partial charge in [-0.15, -0.1) is 0 Å². The van der Waals surface area contributed by atoms with Crippen molar-refractivity contribution in [3.05, 3.63) is 80.6 Å². The molecule has 0 unspecified atom stereocenters. The third-order valence-corrected chi connectivity index (χ3v) is 6.32. The van der Waals surface area contributed by atoms with Crippen molar-refractivity contribution in [2.24, 2.45) is 7.05 Å². The third-order valence-electron chi connectivity index (χ3n) is 5.73. The van der Waals surface area contributed by atoms with Crippen LogP contribution in [0.1, 0.15) is 59.9 Å². The summed E-state index contributed by atoms with van der Waals surface area (Å²) in [5, 5.41) is 5.44. The Kier molecular flexibility index (Phi) is 6.74. The monoisotopic (exact) mass is 499 g/mol. The summed E-state index contributed by atoms with van der Waals surface area (Å²) in [5.41, 5.74) is 4.55. The zero-order valence-corrected chi connectivity index (χ0v) is 21.2. The van der Waals surface area contributed by atoms with E-state index < -0.39 is 5.60 Å². The molecular weight excluding hydrogens is 473 g/mol. The largest absolute Gasteiger partial charge is 0.460 e. The molecule has 0 aliphatic carbocycles. The quantitative estimate of drug-likeness (QED) is 0.428. The van der Waals surface area contributed by atoms with Crippen LogP contribution in [0.5, 0.6) is 0 Å². The number of ether oxygens (including phenoxy) is 1. The molecule has 3 aromatic rings. The molecule has 0 bridgehead atoms. The number of amides is 1. The second kappa shape index (κ2) is 9.43. The molecule has 1 aromatic heterocycles. The third kappa shape index (κ3) is 5.29. The fourth-order valence-electron chi connectivity index (χ4n) is 4.11. The van der Waals surface area contributed by atoms with Crippen LogP contribution in [0, 0.1) is 0 Å². The minimum absolute atomic E-state index is 0.166. The van der Waals surface area contributed by atoms with Crippen LogP contribution >= 0.6 is 23.2 Å². The first-order chi connectivity index (χ1) is 16.0. The Balaban J connectivity index is 1.59. The Bertz CT molecular complexity index is 1260. The first-order valence-corrected chi connectivity index (χ1v) is 11.9. The van der Waals surface area contributed by atoms with E-state index in [1.54, 1.807) is 35.4 Å². The molecule has 34 heavy (non-hydrogen) atoms. The number of hydrogen-bond donors (Lipinski definition) is 0. The molecule has 0 fully saturated rings. The Morgan fingerprint density at radius 2 is 1.85 bits per heavy atom. The lowest BCUT2D eigenvalue weighted by Gasteiger charge is -2.23. The molecule has 0 N–H and O–H groups in total. The lowest BCUT2D eigenvalue weighted by Crippen LogP contribution is -2.30. The standard InChI is InChI=1S/C26H27Cl2N3O3/c1-26(2,3)34-24(32)10-7-16-5-6-17(12-21(16)28)25(33)31-15-19-14-29-30(4)23(19)13-18-11-20(27)8-9-22(18)31/h5-6,8-9,11-12,14H,7,10,13,15H2,1-4H3. The Morgan fingerprint density at radius 1 is 1.09 bits per heavy atom. The van der Waals surface area contributed by atoms with Gasteiger partial charge in [0.1, 0.15) is 5.60 Å². The number of nitrogens with zero attached hydrogens (tertiary/aromatic N) is 3. The van der Waals surface area contributed by atoms with Crippen LogP contribution in [0.4, 0.5) is 5.69 Å². The van der Waals surface area contributed by atoms with Gasteiger partial charge in [0.05, 0.1) is 12.7 Å². The van der Waals surface area contributed by atoms with E-state index in [0.29, 0.717) is 35.0 Å². The highest BCUT2D eigenvalue weighted by Crippen LogP contribution is 2.34. The summed E-state index contributed by atoms with van der Waals surface area (Å²) >= 11 is 12.8. The van der Waals surface area contributed by atoms with E-state index in [-0.39, 0.29) is 18.3 Å². The maximum atomic E-state index is 13.6. The number of carbonyl (C=O) groups is 2. The molecule has 0 saturated heterocycles. The molecule has 1 amide bonds. The number of carbonyl (C=O) groups excluding carboxylic acids is 2. The van der Waals surface area contributed by atoms with Gasteiger partial charge in [-0.3, -0.25) is 14.3 Å². The van der Waals surface area contributed by atoms with Crippen molar-refractivity contribution in [2.75, 3.05) is 4.90 Å². The first kappa shape index (κ1) is 24.3. The number of esters is 1. The molecule has 6 nitrogen and oxygen atoms in total. The van der Waals surface area contributed by atoms with Gasteiger partial charge < -0.3 is 9.64 Å². The number of halogens is 2. The number of rotatable bonds is 4. The first-order valence-electron chi connectivity index (χ1n) is 11.1. The van der Waals surface area contributed by atoms with Crippen molar-refractivity contribution < 1.29 is 14.3 Å². The van der Waals surface area contributed by atoms with Gasteiger partial charge in [0.2, 0.25) is 0 Å². The maximum absolute atomic E-state index is 13.6. The number of fused-ring (bicyclic) bond motifs is 2. The highest BCUT2D eigenvalue weighted by molar-refractivity contribution is 6.32. The lowest BCUT2D eigenvalue weighted by molar-refractivity contribution is -0.154. The van der Waals surface area contributed by atoms with E-state index in [9.17, 15) is 9.59 Å². The van der Waals surface area contributed by atoms with Crippen molar-refractivity contribution in [3.63, 3.8) is 0 Å². The van der Waals surface area contributed by atoms with Crippen LogP contribution in [-0.2, 0) is 36.0 Å². The smallest absolute Gasteiger partial charge is 0.306 e. The zero-order valence-electron chi connectivity index (χ0n) is 19.7. The molecule has 0 radical (unpaired) electrons. The Hall–Kier alpha value is -2.83. The average molecular weight is 500 g/mol. The molecule has 8 heteroatoms. The van der Waals surface area contributed by atoms with Crippen LogP contribution in [0.15, 0.2) is 42.6 Å². The van der Waals surface area contributed by atoms with E-state index in [1.165, 1.54) is 0 Å². The SMILES string of the molecule is Cn1ncc2c1Cc1cc(Cl)ccc1N(C(=O)c1ccc(CCC(=O)OC(C)(C)C)c(Cl)c1)C2. The lowest BCUT2D eigenvalue weighted by atomic mass is 10.0. The van der Waals surface area contributed by atoms with Crippen molar-refractivity contribution in [1.82, 2.24) is 9.78 Å². The van der Waals surface area contributed by atoms with Gasteiger partial charge >= 0.3 is 5.97 Å². The summed E-state index contributed by atoms with van der Waals surface area (Å²) in [6, 6.07) is 10.8. The fraction of sp³-hybridized carbons (Fsp3) is 0.346. The molecule has 2 heterocycles. The second-order valence-electron chi connectivity index (χ2n) is 9.47. The fourth-order valence-corrected chi connectivity index (χ4v) is 4.58. The number of benzene rings is 2. The van der Waals surface area contributed by atoms with Crippen molar-refractivity contribution in [1.29, 1.82) is 0 Å². The maximum Gasteiger partial charge on any atom is 0.306 e. The van der Waals surface area contributed by atoms with Crippen LogP contribution in [0.25, 0.3) is 0 Å². The predicted octanol–water partition coefficient (Wildman–Crippen LogP) is 5.75. The van der Waals surface area contributed by atoms with Gasteiger partial charge in [0.15, 0.2) is 0 Å². The van der Waals surface area contributed by atoms with E-state index in [1.807, 2.05) is 44.6 Å². The van der Waals surface area contributed by atoms with Gasteiger partial charge in [0, 0.05) is 52.4 Å². The number of aromatic nitrogens is 2. The van der Waals surface area contributed by atoms with Gasteiger partial charge in [-0.1, -0.05) is 29.3 Å². The normalized spacial score (nSPS) is 13.2. The minimum atomic E-state index is -0.529. The highest BCUT2D eigenvalue weighted by atomic mass is 35.5. The van der Waals surface area contributed by atoms with Crippen LogP contribution in [0.2, 0.25) is 10.0 Å². The Labute approximate surface area is 209 Å². The van der Waals surface area contributed by atoms with E-state index >= 15 is 0 Å². The summed E-state index contributed by atoms with van der Waals surface area (Å²) in [4.78, 5) is 27.4. The summed E-state index contributed by atoms with van der Waals surface area (Å²) in [6.07, 6.45) is 3.09. The van der Waals surface area contributed by atoms with Crippen LogP contribution in [-0.4, -0.2) is 27.3 Å². The minimum Gasteiger partial charge on any atom is -0.460 e. The molecule has 0 spiro atoms. The summed E-state index contributed by atoms with van der Waals surface area (Å²) in [5.74, 6) is -0.448. The van der Waals surface area contributed by atoms with Crippen LogP contribution < -0.4 is 4.90 Å². The number of hydrogen-bond acceptors (Lipinski definition) is 4. The van der Waals surface area contributed by atoms with E-state index in [2.05, 4.69) is 5.10 Å². The summed E-state index contributed by atoms with van der Waals surface area (Å²) in [7, 11) is 1.90. The van der Waals surface area contributed by atoms with Gasteiger partial charge in [-0.2, -0.15) is 5.10 Å². The van der Waals surface area contributed by atoms with Crippen molar-refractivity contribution in [3.8, 4) is 0 Å². The molecule has 1 aliphatic rings. The molecule has 4 rings (SSSR count). The predicted molar refractivity (Wildman–Crippen MR) is 134 cm³/mol. The second-order valence-corrected chi connectivity index (χ2v) is 10.3. The highest BCUT2D eigenvalue weighted by Gasteiger charge is 2.27. The van der Waals surface area contributed by atoms with E-state index in [4.69, 9.17) is 27.9 Å². The molecular formula is C26H27Cl2N3O3. The topological polar surface area (TPSA) is 64.4 Å². The van der Waals surface area contributed by atoms with Crippen LogP contribution in [0.3, 0.4) is 0 Å². The summed E-state index contributed by atoms with van der Waals surface area (Å²) in [6.45, 7) is 5.90. The molecule has 178 valence electrons. The molecule has 0 saturated carbocycles. The summed E-state index contributed by atoms with van der Waals surface area (Å²) < 4.78 is 7.20. The average Bonchev–Trinajstić information content (AvgIpc) is 3.00. The molecule has 2 aromatic carbocycles. The zero-order chi connectivity index (χ0) is 24.6. The van der Waals surface area contributed by atoms with Gasteiger partial charge in [0.25, 0.3) is 5.91 Å². The Morgan fingerprint density at radius 3 is 2.56 bits per heavy atom. The van der Waals surface area contributed by atoms with Crippen molar-refractivity contribution in [2.45, 2.75) is 52.2 Å². The van der Waals surface area contributed by atoms with Crippen molar-refractivity contribution >= 4 is 40.8 Å². The molecule has 0 atom stereocenters.